The lowest BCUT2D eigenvalue weighted by molar-refractivity contribution is 0.128. The van der Waals surface area contributed by atoms with Gasteiger partial charge in [0.15, 0.2) is 0 Å². The van der Waals surface area contributed by atoms with E-state index in [1.165, 1.54) is 25.7 Å². The molecule has 0 amide bonds. The quantitative estimate of drug-likeness (QED) is 0.552. The molecule has 2 unspecified atom stereocenters. The predicted octanol–water partition coefficient (Wildman–Crippen LogP) is 4.00. The summed E-state index contributed by atoms with van der Waals surface area (Å²) in [6.07, 6.45) is 12.3. The highest BCUT2D eigenvalue weighted by Crippen LogP contribution is 2.43. The minimum Gasteiger partial charge on any atom is -0.0651 e. The minimum absolute atomic E-state index is 1.09. The summed E-state index contributed by atoms with van der Waals surface area (Å²) in [5.74, 6) is 3.36. The summed E-state index contributed by atoms with van der Waals surface area (Å²) in [4.78, 5) is 0. The van der Waals surface area contributed by atoms with Crippen molar-refractivity contribution in [1.82, 2.24) is 0 Å². The second-order valence-electron chi connectivity index (χ2n) is 4.89. The molecule has 12 heavy (non-hydrogen) atoms. The third-order valence-corrected chi connectivity index (χ3v) is 4.23. The van der Waals surface area contributed by atoms with Gasteiger partial charge >= 0.3 is 0 Å². The molecule has 0 bridgehead atoms. The summed E-state index contributed by atoms with van der Waals surface area (Å²) in [7, 11) is 0. The van der Waals surface area contributed by atoms with E-state index in [2.05, 4.69) is 6.92 Å². The Morgan fingerprint density at radius 3 is 2.42 bits per heavy atom. The van der Waals surface area contributed by atoms with Crippen LogP contribution in [0.1, 0.15) is 58.3 Å². The fourth-order valence-electron chi connectivity index (χ4n) is 3.34. The minimum atomic E-state index is 1.09. The number of fused-ring (bicyclic) bond motifs is 1. The van der Waals surface area contributed by atoms with Crippen molar-refractivity contribution >= 4 is 0 Å². The largest absolute Gasteiger partial charge is 0.0651 e. The van der Waals surface area contributed by atoms with Gasteiger partial charge in [-0.1, -0.05) is 45.4 Å². The van der Waals surface area contributed by atoms with Crippen molar-refractivity contribution in [2.75, 3.05) is 0 Å². The maximum Gasteiger partial charge on any atom is -0.0383 e. The highest BCUT2D eigenvalue weighted by atomic mass is 14.4. The Hall–Kier alpha value is 0. The van der Waals surface area contributed by atoms with Crippen molar-refractivity contribution in [3.8, 4) is 0 Å². The monoisotopic (exact) mass is 166 g/mol. The van der Waals surface area contributed by atoms with Crippen molar-refractivity contribution in [3.63, 3.8) is 0 Å². The third kappa shape index (κ3) is 1.67. The molecule has 0 aliphatic heterocycles. The third-order valence-electron chi connectivity index (χ3n) is 4.23. The normalized spacial score (nSPS) is 42.2. The number of hydrogen-bond acceptors (Lipinski definition) is 0. The molecule has 0 radical (unpaired) electrons. The molecular weight excluding hydrogens is 144 g/mol. The van der Waals surface area contributed by atoms with E-state index in [9.17, 15) is 0 Å². The summed E-state index contributed by atoms with van der Waals surface area (Å²) in [5.41, 5.74) is 0. The van der Waals surface area contributed by atoms with Gasteiger partial charge in [0.1, 0.15) is 0 Å². The fourth-order valence-corrected chi connectivity index (χ4v) is 3.34. The van der Waals surface area contributed by atoms with Crippen LogP contribution in [0.3, 0.4) is 0 Å². The maximum atomic E-state index is 2.37. The molecule has 0 aromatic carbocycles. The van der Waals surface area contributed by atoms with Gasteiger partial charge in [0, 0.05) is 0 Å². The van der Waals surface area contributed by atoms with Gasteiger partial charge in [0.05, 0.1) is 0 Å². The lowest BCUT2D eigenvalue weighted by atomic mass is 9.67. The topological polar surface area (TPSA) is 0 Å². The Balaban J connectivity index is 1.90. The zero-order chi connectivity index (χ0) is 8.39. The highest BCUT2D eigenvalue weighted by Gasteiger charge is 2.30. The molecule has 2 aliphatic carbocycles. The zero-order valence-electron chi connectivity index (χ0n) is 8.39. The van der Waals surface area contributed by atoms with Crippen LogP contribution >= 0.6 is 0 Å². The van der Waals surface area contributed by atoms with Crippen molar-refractivity contribution < 1.29 is 0 Å². The first kappa shape index (κ1) is 8.59. The van der Waals surface area contributed by atoms with Crippen LogP contribution < -0.4 is 0 Å². The van der Waals surface area contributed by atoms with Crippen LogP contribution in [0.5, 0.6) is 0 Å². The van der Waals surface area contributed by atoms with Crippen molar-refractivity contribution in [1.29, 1.82) is 0 Å². The Morgan fingerprint density at radius 1 is 0.917 bits per heavy atom. The van der Waals surface area contributed by atoms with Gasteiger partial charge in [-0.3, -0.25) is 0 Å². The van der Waals surface area contributed by atoms with Gasteiger partial charge in [-0.2, -0.15) is 0 Å². The SMILES string of the molecule is CCC1CCC2CCCC[C@H]2C1. The van der Waals surface area contributed by atoms with Crippen LogP contribution in [0.2, 0.25) is 0 Å². The molecule has 3 atom stereocenters. The Morgan fingerprint density at radius 2 is 1.67 bits per heavy atom. The van der Waals surface area contributed by atoms with E-state index >= 15 is 0 Å². The second-order valence-corrected chi connectivity index (χ2v) is 4.89. The maximum absolute atomic E-state index is 2.37. The van der Waals surface area contributed by atoms with Crippen LogP contribution in [0, 0.1) is 17.8 Å². The van der Waals surface area contributed by atoms with Crippen LogP contribution in [0.15, 0.2) is 0 Å². The predicted molar refractivity (Wildman–Crippen MR) is 53.1 cm³/mol. The van der Waals surface area contributed by atoms with Gasteiger partial charge in [0.2, 0.25) is 0 Å². The van der Waals surface area contributed by atoms with Gasteiger partial charge in [-0.25, -0.2) is 0 Å². The smallest absolute Gasteiger partial charge is 0.0383 e. The van der Waals surface area contributed by atoms with E-state index in [1.807, 2.05) is 0 Å². The summed E-state index contributed by atoms with van der Waals surface area (Å²) < 4.78 is 0. The zero-order valence-corrected chi connectivity index (χ0v) is 8.39. The molecule has 0 N–H and O–H groups in total. The van der Waals surface area contributed by atoms with Gasteiger partial charge in [0.25, 0.3) is 0 Å². The van der Waals surface area contributed by atoms with E-state index in [1.54, 1.807) is 25.7 Å². The summed E-state index contributed by atoms with van der Waals surface area (Å²) in [5, 5.41) is 0. The Bertz CT molecular complexity index is 139. The molecule has 2 fully saturated rings. The lowest BCUT2D eigenvalue weighted by Gasteiger charge is -2.39. The molecule has 2 rings (SSSR count). The van der Waals surface area contributed by atoms with Crippen LogP contribution in [0.25, 0.3) is 0 Å². The molecule has 0 spiro atoms. The molecule has 0 heterocycles. The first-order chi connectivity index (χ1) is 5.90. The average molecular weight is 166 g/mol. The van der Waals surface area contributed by atoms with Gasteiger partial charge in [-0.05, 0) is 30.6 Å². The summed E-state index contributed by atoms with van der Waals surface area (Å²) in [6, 6.07) is 0. The van der Waals surface area contributed by atoms with Gasteiger partial charge < -0.3 is 0 Å². The molecular formula is C12H22. The first-order valence-electron chi connectivity index (χ1n) is 5.90. The molecule has 0 nitrogen and oxygen atoms in total. The lowest BCUT2D eigenvalue weighted by Crippen LogP contribution is -2.27. The van der Waals surface area contributed by atoms with E-state index in [-0.39, 0.29) is 0 Å². The van der Waals surface area contributed by atoms with Crippen molar-refractivity contribution in [2.45, 2.75) is 58.3 Å². The average Bonchev–Trinajstić information content (AvgIpc) is 2.17. The van der Waals surface area contributed by atoms with Gasteiger partial charge in [-0.15, -0.1) is 0 Å². The summed E-state index contributed by atoms with van der Waals surface area (Å²) >= 11 is 0. The second kappa shape index (κ2) is 3.81. The fraction of sp³-hybridized carbons (Fsp3) is 1.00. The molecule has 0 saturated heterocycles. The highest BCUT2D eigenvalue weighted by molar-refractivity contribution is 4.82. The molecule has 70 valence electrons. The van der Waals surface area contributed by atoms with E-state index in [0.717, 1.165) is 17.8 Å². The van der Waals surface area contributed by atoms with Crippen molar-refractivity contribution in [3.05, 3.63) is 0 Å². The molecule has 2 saturated carbocycles. The van der Waals surface area contributed by atoms with E-state index < -0.39 is 0 Å². The molecule has 2 aliphatic rings. The van der Waals surface area contributed by atoms with Crippen LogP contribution in [0.4, 0.5) is 0 Å². The van der Waals surface area contributed by atoms with Crippen LogP contribution in [-0.2, 0) is 0 Å². The van der Waals surface area contributed by atoms with E-state index in [4.69, 9.17) is 0 Å². The van der Waals surface area contributed by atoms with Crippen LogP contribution in [-0.4, -0.2) is 0 Å². The number of hydrogen-bond donors (Lipinski definition) is 0. The standard InChI is InChI=1S/C12H22/c1-2-10-7-8-11-5-3-4-6-12(11)9-10/h10-12H,2-9H2,1H3/t10?,11?,12-/m0/s1. The number of rotatable bonds is 1. The molecule has 0 heteroatoms. The molecule has 0 aromatic heterocycles. The van der Waals surface area contributed by atoms with Crippen molar-refractivity contribution in [2.24, 2.45) is 17.8 Å². The summed E-state index contributed by atoms with van der Waals surface area (Å²) in [6.45, 7) is 2.37. The Labute approximate surface area is 76.7 Å². The first-order valence-corrected chi connectivity index (χ1v) is 5.90. The molecule has 0 aromatic rings. The van der Waals surface area contributed by atoms with E-state index in [0.29, 0.717) is 0 Å². The Kier molecular flexibility index (Phi) is 2.73.